The first kappa shape index (κ1) is 12.1. The van der Waals surface area contributed by atoms with E-state index in [2.05, 4.69) is 37.1 Å². The van der Waals surface area contributed by atoms with E-state index in [0.29, 0.717) is 0 Å². The van der Waals surface area contributed by atoms with Crippen molar-refractivity contribution in [3.8, 4) is 0 Å². The van der Waals surface area contributed by atoms with E-state index >= 15 is 0 Å². The molecule has 0 saturated heterocycles. The molecule has 2 rings (SSSR count). The average molecular weight is 289 g/mol. The number of hydrogen-bond donors (Lipinski definition) is 0. The Bertz CT molecular complexity index is 468. The Balaban J connectivity index is 2.16. The third-order valence-corrected chi connectivity index (χ3v) is 5.16. The summed E-state index contributed by atoms with van der Waals surface area (Å²) in [6.45, 7) is 0. The molecule has 0 spiro atoms. The SMILES string of the molecule is Fc1ccc(Cc2ccc[c]([Mg][Br])c2)cc1. The molecule has 0 heterocycles. The fourth-order valence-electron chi connectivity index (χ4n) is 1.66. The Morgan fingerprint density at radius 2 is 1.75 bits per heavy atom. The van der Waals surface area contributed by atoms with Gasteiger partial charge in [0.2, 0.25) is 0 Å². The maximum Gasteiger partial charge on any atom is 0.506 e. The Kier molecular flexibility index (Phi) is 4.38. The molecule has 0 aliphatic rings. The van der Waals surface area contributed by atoms with Crippen LogP contribution in [0.1, 0.15) is 11.1 Å². The minimum Gasteiger partial charge on any atom is -0.296 e. The van der Waals surface area contributed by atoms with Crippen LogP contribution in [0.5, 0.6) is 0 Å². The van der Waals surface area contributed by atoms with E-state index in [1.165, 1.54) is 21.4 Å². The van der Waals surface area contributed by atoms with Gasteiger partial charge in [0.1, 0.15) is 5.82 Å². The molecule has 0 aromatic heterocycles. The molecule has 0 nitrogen and oxygen atoms in total. The topological polar surface area (TPSA) is 0 Å². The van der Waals surface area contributed by atoms with Crippen LogP contribution < -0.4 is 3.69 Å². The fraction of sp³-hybridized carbons (Fsp3) is 0.0769. The normalized spacial score (nSPS) is 9.88. The number of rotatable bonds is 3. The van der Waals surface area contributed by atoms with Crippen LogP contribution in [0, 0.1) is 5.82 Å². The molecule has 16 heavy (non-hydrogen) atoms. The van der Waals surface area contributed by atoms with Crippen LogP contribution in [0.4, 0.5) is 4.39 Å². The lowest BCUT2D eigenvalue weighted by Crippen LogP contribution is -2.08. The van der Waals surface area contributed by atoms with Gasteiger partial charge < -0.3 is 0 Å². The summed E-state index contributed by atoms with van der Waals surface area (Å²) in [5.74, 6) is -0.176. The predicted molar refractivity (Wildman–Crippen MR) is 70.0 cm³/mol. The largest absolute Gasteiger partial charge is 0.506 e. The molecule has 2 aromatic rings. The van der Waals surface area contributed by atoms with E-state index in [-0.39, 0.29) is 24.0 Å². The van der Waals surface area contributed by atoms with Crippen molar-refractivity contribution in [1.29, 1.82) is 0 Å². The zero-order valence-corrected chi connectivity index (χ0v) is 11.8. The molecule has 2 aromatic carbocycles. The van der Waals surface area contributed by atoms with Crippen molar-refractivity contribution in [3.05, 3.63) is 65.5 Å². The Morgan fingerprint density at radius 1 is 1.00 bits per heavy atom. The highest BCUT2D eigenvalue weighted by Crippen LogP contribution is 2.09. The molecule has 0 atom stereocenters. The summed E-state index contributed by atoms with van der Waals surface area (Å²) >= 11 is 3.30. The van der Waals surface area contributed by atoms with Gasteiger partial charge in [-0.25, -0.2) is 4.39 Å². The molecule has 0 bridgehead atoms. The highest BCUT2D eigenvalue weighted by atomic mass is 79.9. The molecular formula is C13H10BrFMg. The van der Waals surface area contributed by atoms with Crippen LogP contribution >= 0.6 is 12.9 Å². The molecule has 3 heteroatoms. The summed E-state index contributed by atoms with van der Waals surface area (Å²) in [4.78, 5) is 0. The molecule has 0 amide bonds. The molecule has 0 fully saturated rings. The van der Waals surface area contributed by atoms with Crippen molar-refractivity contribution in [2.75, 3.05) is 0 Å². The lowest BCUT2D eigenvalue weighted by molar-refractivity contribution is 0.627. The minimum absolute atomic E-state index is 0.176. The number of hydrogen-bond acceptors (Lipinski definition) is 0. The van der Waals surface area contributed by atoms with Gasteiger partial charge in [-0.3, -0.25) is 12.9 Å². The second kappa shape index (κ2) is 5.80. The number of benzene rings is 2. The predicted octanol–water partition coefficient (Wildman–Crippen LogP) is 3.06. The van der Waals surface area contributed by atoms with Crippen LogP contribution in [-0.4, -0.2) is 18.2 Å². The first-order valence-electron chi connectivity index (χ1n) is 5.16. The van der Waals surface area contributed by atoms with Gasteiger partial charge in [0.15, 0.2) is 0 Å². The van der Waals surface area contributed by atoms with E-state index in [0.717, 1.165) is 12.0 Å². The molecule has 0 aliphatic carbocycles. The second-order valence-electron chi connectivity index (χ2n) is 3.76. The Hall–Kier alpha value is -0.384. The van der Waals surface area contributed by atoms with Gasteiger partial charge in [-0.05, 0) is 29.7 Å². The maximum absolute atomic E-state index is 12.7. The third kappa shape index (κ3) is 3.30. The monoisotopic (exact) mass is 288 g/mol. The van der Waals surface area contributed by atoms with E-state index in [4.69, 9.17) is 0 Å². The first-order valence-corrected chi connectivity index (χ1v) is 9.77. The van der Waals surface area contributed by atoms with Crippen molar-refractivity contribution in [2.24, 2.45) is 0 Å². The smallest absolute Gasteiger partial charge is 0.296 e. The van der Waals surface area contributed by atoms with E-state index in [1.54, 1.807) is 0 Å². The fourth-order valence-corrected chi connectivity index (χ4v) is 3.27. The zero-order chi connectivity index (χ0) is 11.4. The van der Waals surface area contributed by atoms with Crippen LogP contribution in [0.2, 0.25) is 0 Å². The highest BCUT2D eigenvalue weighted by Gasteiger charge is 1.99. The Morgan fingerprint density at radius 3 is 2.44 bits per heavy atom. The summed E-state index contributed by atoms with van der Waals surface area (Å²) in [6.07, 6.45) is 0.871. The third-order valence-electron chi connectivity index (χ3n) is 2.47. The van der Waals surface area contributed by atoms with E-state index in [9.17, 15) is 4.39 Å². The molecule has 0 radical (unpaired) electrons. The Labute approximate surface area is 110 Å². The molecule has 0 aliphatic heterocycles. The van der Waals surface area contributed by atoms with E-state index < -0.39 is 0 Å². The van der Waals surface area contributed by atoms with Crippen LogP contribution in [0.3, 0.4) is 0 Å². The summed E-state index contributed by atoms with van der Waals surface area (Å²) in [6, 6.07) is 15.3. The van der Waals surface area contributed by atoms with Gasteiger partial charge in [0.25, 0.3) is 0 Å². The van der Waals surface area contributed by atoms with Gasteiger partial charge in [0, 0.05) is 0 Å². The van der Waals surface area contributed by atoms with Gasteiger partial charge in [-0.1, -0.05) is 36.4 Å². The van der Waals surface area contributed by atoms with Crippen molar-refractivity contribution in [1.82, 2.24) is 0 Å². The van der Waals surface area contributed by atoms with Gasteiger partial charge >= 0.3 is 18.2 Å². The molecule has 78 valence electrons. The molecule has 0 unspecified atom stereocenters. The average Bonchev–Trinajstić information content (AvgIpc) is 2.32. The number of halogens is 2. The quantitative estimate of drug-likeness (QED) is 0.762. The van der Waals surface area contributed by atoms with Crippen molar-refractivity contribution < 1.29 is 4.39 Å². The zero-order valence-electron chi connectivity index (χ0n) is 8.79. The van der Waals surface area contributed by atoms with Gasteiger partial charge in [-0.15, -0.1) is 0 Å². The van der Waals surface area contributed by atoms with Gasteiger partial charge in [0.05, 0.1) is 0 Å². The summed E-state index contributed by atoms with van der Waals surface area (Å²) in [5.41, 5.74) is 2.44. The van der Waals surface area contributed by atoms with Crippen molar-refractivity contribution >= 4 is 34.8 Å². The van der Waals surface area contributed by atoms with Crippen LogP contribution in [-0.2, 0) is 6.42 Å². The van der Waals surface area contributed by atoms with Crippen molar-refractivity contribution in [3.63, 3.8) is 0 Å². The van der Waals surface area contributed by atoms with Crippen LogP contribution in [0.15, 0.2) is 48.5 Å². The van der Waals surface area contributed by atoms with Gasteiger partial charge in [-0.2, -0.15) is 3.69 Å². The highest BCUT2D eigenvalue weighted by molar-refractivity contribution is 9.23. The first-order chi connectivity index (χ1) is 7.78. The lowest BCUT2D eigenvalue weighted by Gasteiger charge is -2.04. The lowest BCUT2D eigenvalue weighted by atomic mass is 10.1. The molecule has 0 N–H and O–H groups in total. The second-order valence-corrected chi connectivity index (χ2v) is 6.52. The molecule has 0 saturated carbocycles. The standard InChI is InChI=1S/C13H10F.BrH.Mg/c14-13-8-6-12(7-9-13)10-11-4-2-1-3-5-11;;/h1-2,4-9H,10H2;1H;/q;;+1/p-1. The van der Waals surface area contributed by atoms with E-state index in [1.807, 2.05) is 12.1 Å². The minimum atomic E-state index is -0.273. The maximum atomic E-state index is 12.7. The molecular weight excluding hydrogens is 279 g/mol. The summed E-state index contributed by atoms with van der Waals surface area (Å²) in [5, 5.41) is 0. The summed E-state index contributed by atoms with van der Waals surface area (Å²) < 4.78 is 14.1. The van der Waals surface area contributed by atoms with Crippen molar-refractivity contribution in [2.45, 2.75) is 6.42 Å². The summed E-state index contributed by atoms with van der Waals surface area (Å²) in [7, 11) is 0. The van der Waals surface area contributed by atoms with Crippen LogP contribution in [0.25, 0.3) is 0 Å².